The van der Waals surface area contributed by atoms with Crippen LogP contribution < -0.4 is 9.61 Å². The molecule has 1 aromatic heterocycles. The molecule has 0 amide bonds. The van der Waals surface area contributed by atoms with Crippen LogP contribution in [0.2, 0.25) is 5.02 Å². The van der Waals surface area contributed by atoms with Crippen molar-refractivity contribution in [2.24, 2.45) is 0 Å². The Balaban J connectivity index is 1.62. The molecule has 4 rings (SSSR count). The molecule has 0 unspecified atom stereocenters. The molecule has 1 aliphatic rings. The number of ether oxygens (including phenoxy) is 1. The van der Waals surface area contributed by atoms with Crippen molar-refractivity contribution in [2.45, 2.75) is 18.8 Å². The van der Waals surface area contributed by atoms with E-state index in [2.05, 4.69) is 4.98 Å². The molecular weight excluding hydrogens is 374 g/mol. The van der Waals surface area contributed by atoms with Gasteiger partial charge < -0.3 is 9.84 Å². The summed E-state index contributed by atoms with van der Waals surface area (Å²) in [5.41, 5.74) is 2.70. The second-order valence-electron chi connectivity index (χ2n) is 6.09. The summed E-state index contributed by atoms with van der Waals surface area (Å²) in [7, 11) is 0. The Hall–Kier alpha value is -2.57. The number of aryl methyl sites for hydroxylation is 1. The lowest BCUT2D eigenvalue weighted by Gasteiger charge is -2.12. The summed E-state index contributed by atoms with van der Waals surface area (Å²) in [5, 5.41) is 10.3. The molecule has 5 nitrogen and oxygen atoms in total. The summed E-state index contributed by atoms with van der Waals surface area (Å²) in [4.78, 5) is 25.1. The van der Waals surface area contributed by atoms with Crippen molar-refractivity contribution in [3.05, 3.63) is 72.7 Å². The van der Waals surface area contributed by atoms with E-state index in [1.54, 1.807) is 18.2 Å². The van der Waals surface area contributed by atoms with E-state index in [-0.39, 0.29) is 16.7 Å². The van der Waals surface area contributed by atoms with Crippen LogP contribution in [0.3, 0.4) is 0 Å². The standard InChI is InChI=1S/C19H14ClNO4S/c20-15-7-10(9-22)1-6-16(15)25-12-3-5-13-11(8-12)2-4-14(13)17-18(23)21-19(24)26-17/h1,3,5-9,14,23H,2,4H2,(H,21,24)/t14-/m1/s1. The van der Waals surface area contributed by atoms with Crippen molar-refractivity contribution in [1.82, 2.24) is 4.98 Å². The molecule has 0 saturated carbocycles. The first kappa shape index (κ1) is 16.9. The maximum Gasteiger partial charge on any atom is 0.307 e. The van der Waals surface area contributed by atoms with Gasteiger partial charge in [-0.3, -0.25) is 14.6 Å². The average molecular weight is 388 g/mol. The third-order valence-corrected chi connectivity index (χ3v) is 5.77. The van der Waals surface area contributed by atoms with Crippen LogP contribution in [-0.4, -0.2) is 16.4 Å². The molecule has 3 aromatic rings. The number of hydrogen-bond acceptors (Lipinski definition) is 5. The Kier molecular flexibility index (Phi) is 4.30. The van der Waals surface area contributed by atoms with E-state index in [1.165, 1.54) is 0 Å². The number of aromatic amines is 1. The predicted octanol–water partition coefficient (Wildman–Crippen LogP) is 4.48. The summed E-state index contributed by atoms with van der Waals surface area (Å²) in [6.07, 6.45) is 2.39. The number of aromatic nitrogens is 1. The van der Waals surface area contributed by atoms with Crippen LogP contribution in [0.15, 0.2) is 41.2 Å². The maximum atomic E-state index is 11.5. The van der Waals surface area contributed by atoms with Gasteiger partial charge in [0.25, 0.3) is 0 Å². The van der Waals surface area contributed by atoms with Crippen LogP contribution in [0.25, 0.3) is 0 Å². The van der Waals surface area contributed by atoms with Crippen molar-refractivity contribution < 1.29 is 14.6 Å². The van der Waals surface area contributed by atoms with E-state index < -0.39 is 0 Å². The van der Waals surface area contributed by atoms with E-state index in [4.69, 9.17) is 16.3 Å². The summed E-state index contributed by atoms with van der Waals surface area (Å²) in [6, 6.07) is 10.6. The largest absolute Gasteiger partial charge is 0.494 e. The fourth-order valence-corrected chi connectivity index (χ4v) is 4.41. The van der Waals surface area contributed by atoms with E-state index in [9.17, 15) is 14.7 Å². The van der Waals surface area contributed by atoms with Gasteiger partial charge in [0.15, 0.2) is 0 Å². The monoisotopic (exact) mass is 387 g/mol. The highest BCUT2D eigenvalue weighted by Gasteiger charge is 2.28. The molecule has 1 atom stereocenters. The van der Waals surface area contributed by atoms with E-state index in [1.807, 2.05) is 18.2 Å². The summed E-state index contributed by atoms with van der Waals surface area (Å²) >= 11 is 7.20. The molecule has 7 heteroatoms. The molecule has 26 heavy (non-hydrogen) atoms. The second-order valence-corrected chi connectivity index (χ2v) is 7.51. The molecule has 0 radical (unpaired) electrons. The zero-order valence-electron chi connectivity index (χ0n) is 13.5. The topological polar surface area (TPSA) is 79.4 Å². The lowest BCUT2D eigenvalue weighted by molar-refractivity contribution is 0.112. The van der Waals surface area contributed by atoms with E-state index in [0.717, 1.165) is 41.6 Å². The number of hydrogen-bond donors (Lipinski definition) is 2. The molecule has 1 aliphatic carbocycles. The van der Waals surface area contributed by atoms with E-state index in [0.29, 0.717) is 27.0 Å². The Labute approximate surface area is 157 Å². The first-order chi connectivity index (χ1) is 12.5. The number of halogens is 1. The summed E-state index contributed by atoms with van der Waals surface area (Å²) in [6.45, 7) is 0. The number of benzene rings is 2. The summed E-state index contributed by atoms with van der Waals surface area (Å²) < 4.78 is 5.85. The van der Waals surface area contributed by atoms with Gasteiger partial charge in [0, 0.05) is 11.5 Å². The van der Waals surface area contributed by atoms with Gasteiger partial charge in [-0.15, -0.1) is 0 Å². The number of H-pyrrole nitrogens is 1. The fraction of sp³-hybridized carbons (Fsp3) is 0.158. The molecule has 0 spiro atoms. The maximum absolute atomic E-state index is 11.5. The molecule has 132 valence electrons. The SMILES string of the molecule is O=Cc1ccc(Oc2ccc3c(c2)CC[C@H]3c2sc(=O)[nH]c2O)c(Cl)c1. The fourth-order valence-electron chi connectivity index (χ4n) is 3.30. The lowest BCUT2D eigenvalue weighted by Crippen LogP contribution is -1.94. The second kappa shape index (κ2) is 6.63. The first-order valence-electron chi connectivity index (χ1n) is 8.02. The van der Waals surface area contributed by atoms with Crippen molar-refractivity contribution in [2.75, 3.05) is 0 Å². The van der Waals surface area contributed by atoms with Gasteiger partial charge in [-0.05, 0) is 54.3 Å². The van der Waals surface area contributed by atoms with Crippen LogP contribution in [0.1, 0.15) is 38.7 Å². The van der Waals surface area contributed by atoms with Gasteiger partial charge >= 0.3 is 4.87 Å². The molecule has 1 heterocycles. The number of nitrogens with one attached hydrogen (secondary N) is 1. The number of carbonyl (C=O) groups is 1. The zero-order chi connectivity index (χ0) is 18.3. The molecule has 2 N–H and O–H groups in total. The van der Waals surface area contributed by atoms with Crippen LogP contribution >= 0.6 is 22.9 Å². The van der Waals surface area contributed by atoms with Gasteiger partial charge in [0.05, 0.1) is 9.90 Å². The molecule has 2 aromatic carbocycles. The number of carbonyl (C=O) groups excluding carboxylic acids is 1. The number of rotatable bonds is 4. The van der Waals surface area contributed by atoms with Gasteiger partial charge in [0.1, 0.15) is 17.8 Å². The molecule has 0 saturated heterocycles. The average Bonchev–Trinajstić information content (AvgIpc) is 3.18. The number of thiazole rings is 1. The van der Waals surface area contributed by atoms with Crippen LogP contribution in [-0.2, 0) is 6.42 Å². The van der Waals surface area contributed by atoms with Crippen molar-refractivity contribution in [1.29, 1.82) is 0 Å². The normalized spacial score (nSPS) is 15.7. The molecular formula is C19H14ClNO4S. The van der Waals surface area contributed by atoms with Crippen LogP contribution in [0.4, 0.5) is 0 Å². The minimum atomic E-state index is -0.251. The zero-order valence-corrected chi connectivity index (χ0v) is 15.1. The van der Waals surface area contributed by atoms with Crippen LogP contribution in [0, 0.1) is 0 Å². The van der Waals surface area contributed by atoms with Crippen molar-refractivity contribution in [3.8, 4) is 17.4 Å². The number of aromatic hydroxyl groups is 1. The number of aldehydes is 1. The van der Waals surface area contributed by atoms with Gasteiger partial charge in [0.2, 0.25) is 5.88 Å². The molecule has 0 aliphatic heterocycles. The first-order valence-corrected chi connectivity index (χ1v) is 9.22. The highest BCUT2D eigenvalue weighted by molar-refractivity contribution is 7.09. The highest BCUT2D eigenvalue weighted by Crippen LogP contribution is 2.43. The van der Waals surface area contributed by atoms with Crippen molar-refractivity contribution in [3.63, 3.8) is 0 Å². The molecule has 0 bridgehead atoms. The third kappa shape index (κ3) is 3.02. The van der Waals surface area contributed by atoms with Gasteiger partial charge in [-0.1, -0.05) is 29.0 Å². The minimum Gasteiger partial charge on any atom is -0.494 e. The minimum absolute atomic E-state index is 0.0125. The van der Waals surface area contributed by atoms with Crippen molar-refractivity contribution >= 4 is 29.2 Å². The van der Waals surface area contributed by atoms with Crippen LogP contribution in [0.5, 0.6) is 17.4 Å². The third-order valence-electron chi connectivity index (χ3n) is 4.49. The smallest absolute Gasteiger partial charge is 0.307 e. The Morgan fingerprint density at radius 1 is 1.27 bits per heavy atom. The number of fused-ring (bicyclic) bond motifs is 1. The Morgan fingerprint density at radius 2 is 2.12 bits per heavy atom. The quantitative estimate of drug-likeness (QED) is 0.647. The predicted molar refractivity (Wildman–Crippen MR) is 100 cm³/mol. The lowest BCUT2D eigenvalue weighted by atomic mass is 10.00. The van der Waals surface area contributed by atoms with Gasteiger partial charge in [-0.2, -0.15) is 0 Å². The van der Waals surface area contributed by atoms with E-state index >= 15 is 0 Å². The highest BCUT2D eigenvalue weighted by atomic mass is 35.5. The Bertz CT molecular complexity index is 1060. The Morgan fingerprint density at radius 3 is 2.81 bits per heavy atom. The molecule has 0 fully saturated rings. The summed E-state index contributed by atoms with van der Waals surface area (Å²) in [5.74, 6) is 1.10. The van der Waals surface area contributed by atoms with Gasteiger partial charge in [-0.25, -0.2) is 0 Å².